The maximum absolute atomic E-state index is 10.3. The molecule has 0 saturated carbocycles. The molecule has 0 aliphatic carbocycles. The van der Waals surface area contributed by atoms with E-state index in [-0.39, 0.29) is 59.2 Å². The van der Waals surface area contributed by atoms with E-state index in [1.807, 2.05) is 0 Å². The van der Waals surface area contributed by atoms with Crippen molar-refractivity contribution in [2.24, 2.45) is 0 Å². The third-order valence-corrected chi connectivity index (χ3v) is 1.07. The summed E-state index contributed by atoms with van der Waals surface area (Å²) in [6.45, 7) is 1.52. The minimum absolute atomic E-state index is 0. The van der Waals surface area contributed by atoms with E-state index in [4.69, 9.17) is 4.55 Å². The molecule has 0 aromatic heterocycles. The molecule has 0 aromatic carbocycles. The van der Waals surface area contributed by atoms with E-state index in [2.05, 4.69) is 4.74 Å². The van der Waals surface area contributed by atoms with E-state index in [0.717, 1.165) is 0 Å². The Morgan fingerprint density at radius 2 is 2.09 bits per heavy atom. The molecule has 0 aromatic rings. The molecule has 0 amide bonds. The van der Waals surface area contributed by atoms with Crippen LogP contribution in [0.1, 0.15) is 14.8 Å². The van der Waals surface area contributed by atoms with Gasteiger partial charge in [0, 0.05) is 6.42 Å². The standard InChI is InChI=1S/C4H8O5S.K.H/c1-2-4(5)9-3-10(6,7)8;;/h2-3H2,1H3,(H,6,7,8);;/q;+1;-1. The minimum Gasteiger partial charge on any atom is -1.00 e. The number of hydrogen-bond donors (Lipinski definition) is 1. The molecule has 0 saturated heterocycles. The number of carbonyl (C=O) groups is 1. The first-order valence-corrected chi connectivity index (χ1v) is 4.17. The van der Waals surface area contributed by atoms with Gasteiger partial charge >= 0.3 is 67.5 Å². The Morgan fingerprint density at radius 3 is 2.36 bits per heavy atom. The average molecular weight is 208 g/mol. The number of carbonyl (C=O) groups excluding carboxylic acids is 1. The van der Waals surface area contributed by atoms with Crippen LogP contribution in [0.25, 0.3) is 0 Å². The molecule has 0 atom stereocenters. The third kappa shape index (κ3) is 11.0. The Kier molecular flexibility index (Phi) is 8.62. The topological polar surface area (TPSA) is 80.7 Å². The minimum atomic E-state index is -4.17. The van der Waals surface area contributed by atoms with Gasteiger partial charge in [-0.15, -0.1) is 0 Å². The number of esters is 1. The number of ether oxygens (including phenoxy) is 1. The zero-order valence-electron chi connectivity index (χ0n) is 7.40. The quantitative estimate of drug-likeness (QED) is 0.302. The maximum Gasteiger partial charge on any atom is 1.00 e. The van der Waals surface area contributed by atoms with Crippen LogP contribution < -0.4 is 51.4 Å². The van der Waals surface area contributed by atoms with Gasteiger partial charge in [-0.1, -0.05) is 6.92 Å². The largest absolute Gasteiger partial charge is 1.00 e. The predicted molar refractivity (Wildman–Crippen MR) is 33.9 cm³/mol. The van der Waals surface area contributed by atoms with Crippen molar-refractivity contribution < 1.29 is 75.3 Å². The molecule has 0 radical (unpaired) electrons. The summed E-state index contributed by atoms with van der Waals surface area (Å²) in [6, 6.07) is 0. The smallest absolute Gasteiger partial charge is 1.00 e. The summed E-state index contributed by atoms with van der Waals surface area (Å²) < 4.78 is 32.0. The molecular weight excluding hydrogens is 199 g/mol. The second-order valence-corrected chi connectivity index (χ2v) is 2.97. The molecule has 0 rings (SSSR count). The van der Waals surface area contributed by atoms with Crippen molar-refractivity contribution in [1.82, 2.24) is 0 Å². The summed E-state index contributed by atoms with van der Waals surface area (Å²) in [7, 11) is -4.17. The first-order valence-electron chi connectivity index (χ1n) is 2.56. The fourth-order valence-electron chi connectivity index (χ4n) is 0.242. The Hall–Kier alpha value is 1.02. The Balaban J connectivity index is -0.000000405. The first kappa shape index (κ1) is 14.5. The zero-order chi connectivity index (χ0) is 8.20. The van der Waals surface area contributed by atoms with Crippen LogP contribution in [-0.4, -0.2) is 24.9 Å². The molecule has 0 spiro atoms. The molecule has 62 valence electrons. The predicted octanol–water partition coefficient (Wildman–Crippen LogP) is -3.10. The van der Waals surface area contributed by atoms with Crippen LogP contribution >= 0.6 is 0 Å². The molecule has 1 N–H and O–H groups in total. The summed E-state index contributed by atoms with van der Waals surface area (Å²) in [5.41, 5.74) is 0. The van der Waals surface area contributed by atoms with Crippen molar-refractivity contribution in [2.75, 3.05) is 5.94 Å². The normalized spacial score (nSPS) is 10.0. The summed E-state index contributed by atoms with van der Waals surface area (Å²) in [4.78, 5) is 10.3. The molecule has 0 fully saturated rings. The van der Waals surface area contributed by atoms with Gasteiger partial charge in [-0.2, -0.15) is 8.42 Å². The molecule has 0 aliphatic rings. The summed E-state index contributed by atoms with van der Waals surface area (Å²) >= 11 is 0. The van der Waals surface area contributed by atoms with Crippen molar-refractivity contribution in [1.29, 1.82) is 0 Å². The molecule has 0 heterocycles. The van der Waals surface area contributed by atoms with Crippen molar-refractivity contribution in [2.45, 2.75) is 13.3 Å². The summed E-state index contributed by atoms with van der Waals surface area (Å²) in [5, 5.41) is 0. The first-order chi connectivity index (χ1) is 4.45. The average Bonchev–Trinajstić information content (AvgIpc) is 1.81. The van der Waals surface area contributed by atoms with Gasteiger partial charge in [-0.3, -0.25) is 9.35 Å². The van der Waals surface area contributed by atoms with Gasteiger partial charge < -0.3 is 6.16 Å². The molecule has 0 aliphatic heterocycles. The van der Waals surface area contributed by atoms with Crippen LogP contribution in [0.2, 0.25) is 0 Å². The molecule has 5 nitrogen and oxygen atoms in total. The van der Waals surface area contributed by atoms with E-state index in [9.17, 15) is 13.2 Å². The van der Waals surface area contributed by atoms with Gasteiger partial charge in [0.1, 0.15) is 0 Å². The Morgan fingerprint density at radius 1 is 1.64 bits per heavy atom. The van der Waals surface area contributed by atoms with Crippen molar-refractivity contribution in [3.63, 3.8) is 0 Å². The van der Waals surface area contributed by atoms with Crippen LogP contribution in [0, 0.1) is 0 Å². The second kappa shape index (κ2) is 6.52. The van der Waals surface area contributed by atoms with E-state index in [0.29, 0.717) is 0 Å². The zero-order valence-corrected chi connectivity index (χ0v) is 10.3. The monoisotopic (exact) mass is 208 g/mol. The van der Waals surface area contributed by atoms with E-state index in [1.165, 1.54) is 6.92 Å². The number of rotatable bonds is 3. The van der Waals surface area contributed by atoms with Gasteiger partial charge in [0.2, 0.25) is 5.94 Å². The Labute approximate surface area is 109 Å². The SMILES string of the molecule is CCC(=O)OCS(=O)(=O)O.[H-].[K+]. The van der Waals surface area contributed by atoms with Crippen LogP contribution in [0.5, 0.6) is 0 Å². The van der Waals surface area contributed by atoms with Crippen LogP contribution in [0.15, 0.2) is 0 Å². The van der Waals surface area contributed by atoms with E-state index >= 15 is 0 Å². The fourth-order valence-corrected chi connectivity index (χ4v) is 0.523. The van der Waals surface area contributed by atoms with E-state index < -0.39 is 22.0 Å². The second-order valence-electron chi connectivity index (χ2n) is 1.57. The van der Waals surface area contributed by atoms with Crippen LogP contribution in [0.4, 0.5) is 0 Å². The fraction of sp³-hybridized carbons (Fsp3) is 0.750. The van der Waals surface area contributed by atoms with Crippen LogP contribution in [0.3, 0.4) is 0 Å². The molecule has 7 heteroatoms. The van der Waals surface area contributed by atoms with Crippen molar-refractivity contribution >= 4 is 16.1 Å². The molecule has 0 unspecified atom stereocenters. The number of hydrogen-bond acceptors (Lipinski definition) is 4. The molecular formula is C4H9KO5S. The van der Waals surface area contributed by atoms with Gasteiger partial charge in [-0.25, -0.2) is 0 Å². The van der Waals surface area contributed by atoms with Gasteiger partial charge in [-0.05, 0) is 0 Å². The van der Waals surface area contributed by atoms with Crippen LogP contribution in [-0.2, 0) is 19.6 Å². The van der Waals surface area contributed by atoms with Gasteiger partial charge in [0.05, 0.1) is 0 Å². The summed E-state index contributed by atoms with van der Waals surface area (Å²) in [6.07, 6.45) is 0.0928. The van der Waals surface area contributed by atoms with Gasteiger partial charge in [0.25, 0.3) is 0 Å². The maximum atomic E-state index is 10.3. The third-order valence-electron chi connectivity index (χ3n) is 0.658. The summed E-state index contributed by atoms with van der Waals surface area (Å²) in [5.74, 6) is -1.61. The van der Waals surface area contributed by atoms with E-state index in [1.54, 1.807) is 0 Å². The molecule has 11 heavy (non-hydrogen) atoms. The van der Waals surface area contributed by atoms with Crippen molar-refractivity contribution in [3.8, 4) is 0 Å². The van der Waals surface area contributed by atoms with Gasteiger partial charge in [0.15, 0.2) is 0 Å². The Bertz CT molecular complexity index is 213. The molecule has 0 bridgehead atoms. The van der Waals surface area contributed by atoms with Crippen molar-refractivity contribution in [3.05, 3.63) is 0 Å².